The Labute approximate surface area is 100 Å². The van der Waals surface area contributed by atoms with Crippen LogP contribution in [-0.2, 0) is 0 Å². The van der Waals surface area contributed by atoms with E-state index in [0.29, 0.717) is 5.02 Å². The molecule has 0 radical (unpaired) electrons. The zero-order valence-electron chi connectivity index (χ0n) is 9.02. The Morgan fingerprint density at radius 1 is 1.12 bits per heavy atom. The first-order valence-electron chi connectivity index (χ1n) is 5.19. The minimum atomic E-state index is 0.189. The third kappa shape index (κ3) is 2.52. The van der Waals surface area contributed by atoms with Crippen molar-refractivity contribution in [2.45, 2.75) is 13.0 Å². The van der Waals surface area contributed by atoms with Crippen LogP contribution in [0.3, 0.4) is 0 Å². The van der Waals surface area contributed by atoms with Crippen LogP contribution >= 0.6 is 11.6 Å². The molecule has 1 N–H and O–H groups in total. The van der Waals surface area contributed by atoms with Gasteiger partial charge < -0.3 is 5.32 Å². The number of benzene rings is 1. The molecular weight excluding hydrogens is 220 g/mol. The fourth-order valence-electron chi connectivity index (χ4n) is 1.52. The summed E-state index contributed by atoms with van der Waals surface area (Å²) in [4.78, 5) is 4.20. The summed E-state index contributed by atoms with van der Waals surface area (Å²) < 4.78 is 0. The molecule has 0 aliphatic rings. The fraction of sp³-hybridized carbons (Fsp3) is 0.154. The van der Waals surface area contributed by atoms with Crippen molar-refractivity contribution >= 4 is 17.4 Å². The number of rotatable bonds is 3. The second-order valence-corrected chi connectivity index (χ2v) is 4.02. The van der Waals surface area contributed by atoms with Crippen molar-refractivity contribution < 1.29 is 0 Å². The number of nitrogens with zero attached hydrogens (tertiary/aromatic N) is 1. The van der Waals surface area contributed by atoms with Gasteiger partial charge in [0.15, 0.2) is 0 Å². The molecule has 0 amide bonds. The van der Waals surface area contributed by atoms with Gasteiger partial charge in [0.05, 0.1) is 5.02 Å². The normalized spacial score (nSPS) is 12.1. The molecule has 2 rings (SSSR count). The maximum Gasteiger partial charge on any atom is 0.145 e. The first-order valence-corrected chi connectivity index (χ1v) is 5.57. The average Bonchev–Trinajstić information content (AvgIpc) is 2.33. The van der Waals surface area contributed by atoms with Gasteiger partial charge in [0.1, 0.15) is 5.82 Å². The second kappa shape index (κ2) is 4.99. The van der Waals surface area contributed by atoms with Crippen LogP contribution in [0.4, 0.5) is 5.82 Å². The Balaban J connectivity index is 2.14. The lowest BCUT2D eigenvalue weighted by molar-refractivity contribution is 0.875. The minimum Gasteiger partial charge on any atom is -0.362 e. The highest BCUT2D eigenvalue weighted by Crippen LogP contribution is 2.23. The number of aromatic nitrogens is 1. The molecule has 0 saturated carbocycles. The molecule has 0 fully saturated rings. The zero-order valence-corrected chi connectivity index (χ0v) is 9.78. The van der Waals surface area contributed by atoms with E-state index in [-0.39, 0.29) is 6.04 Å². The van der Waals surface area contributed by atoms with Crippen molar-refractivity contribution in [3.63, 3.8) is 0 Å². The third-order valence-corrected chi connectivity index (χ3v) is 2.72. The van der Waals surface area contributed by atoms with Gasteiger partial charge >= 0.3 is 0 Å². The lowest BCUT2D eigenvalue weighted by Crippen LogP contribution is -2.07. The van der Waals surface area contributed by atoms with Crippen molar-refractivity contribution in [1.29, 1.82) is 0 Å². The molecule has 0 aliphatic carbocycles. The molecular formula is C13H13ClN2. The van der Waals surface area contributed by atoms with Crippen molar-refractivity contribution in [2.24, 2.45) is 0 Å². The number of halogens is 1. The summed E-state index contributed by atoms with van der Waals surface area (Å²) in [5.41, 5.74) is 1.21. The molecule has 0 bridgehead atoms. The Morgan fingerprint density at radius 3 is 2.56 bits per heavy atom. The van der Waals surface area contributed by atoms with Gasteiger partial charge in [-0.3, -0.25) is 0 Å². The molecule has 1 heterocycles. The quantitative estimate of drug-likeness (QED) is 0.868. The van der Waals surface area contributed by atoms with E-state index in [9.17, 15) is 0 Å². The largest absolute Gasteiger partial charge is 0.362 e. The number of anilines is 1. The predicted molar refractivity (Wildman–Crippen MR) is 67.7 cm³/mol. The van der Waals surface area contributed by atoms with Gasteiger partial charge in [-0.15, -0.1) is 0 Å². The summed E-state index contributed by atoms with van der Waals surface area (Å²) >= 11 is 6.03. The topological polar surface area (TPSA) is 24.9 Å². The second-order valence-electron chi connectivity index (χ2n) is 3.61. The van der Waals surface area contributed by atoms with Crippen molar-refractivity contribution in [1.82, 2.24) is 4.98 Å². The summed E-state index contributed by atoms with van der Waals surface area (Å²) in [5, 5.41) is 3.93. The molecule has 2 aromatic rings. The van der Waals surface area contributed by atoms with Crippen LogP contribution in [0, 0.1) is 0 Å². The van der Waals surface area contributed by atoms with Crippen LogP contribution < -0.4 is 5.32 Å². The highest BCUT2D eigenvalue weighted by Gasteiger charge is 2.07. The Hall–Kier alpha value is -1.54. The van der Waals surface area contributed by atoms with E-state index in [4.69, 9.17) is 11.6 Å². The number of nitrogens with one attached hydrogen (secondary N) is 1. The van der Waals surface area contributed by atoms with Crippen LogP contribution in [0.25, 0.3) is 0 Å². The lowest BCUT2D eigenvalue weighted by Gasteiger charge is -2.15. The molecule has 0 saturated heterocycles. The van der Waals surface area contributed by atoms with Crippen molar-refractivity contribution in [3.8, 4) is 0 Å². The van der Waals surface area contributed by atoms with Crippen LogP contribution in [0.5, 0.6) is 0 Å². The van der Waals surface area contributed by atoms with Crippen LogP contribution in [0.2, 0.25) is 5.02 Å². The SMILES string of the molecule is CC(Nc1ncccc1Cl)c1ccccc1. The molecule has 1 unspecified atom stereocenters. The van der Waals surface area contributed by atoms with E-state index in [2.05, 4.69) is 29.4 Å². The first-order chi connectivity index (χ1) is 7.77. The van der Waals surface area contributed by atoms with Gasteiger partial charge in [0.2, 0.25) is 0 Å². The van der Waals surface area contributed by atoms with Gasteiger partial charge in [-0.1, -0.05) is 41.9 Å². The van der Waals surface area contributed by atoms with Gasteiger partial charge in [0, 0.05) is 12.2 Å². The van der Waals surface area contributed by atoms with Crippen LogP contribution in [0.15, 0.2) is 48.7 Å². The van der Waals surface area contributed by atoms with E-state index in [1.165, 1.54) is 5.56 Å². The molecule has 3 heteroatoms. The third-order valence-electron chi connectivity index (χ3n) is 2.41. The molecule has 1 aromatic heterocycles. The summed E-state index contributed by atoms with van der Waals surface area (Å²) in [6, 6.07) is 14.0. The highest BCUT2D eigenvalue weighted by molar-refractivity contribution is 6.32. The van der Waals surface area contributed by atoms with Gasteiger partial charge in [-0.05, 0) is 24.6 Å². The maximum absolute atomic E-state index is 6.03. The Morgan fingerprint density at radius 2 is 1.88 bits per heavy atom. The Bertz CT molecular complexity index is 456. The summed E-state index contributed by atoms with van der Waals surface area (Å²) in [7, 11) is 0. The van der Waals surface area contributed by atoms with Gasteiger partial charge in [-0.25, -0.2) is 4.98 Å². The highest BCUT2D eigenvalue weighted by atomic mass is 35.5. The summed E-state index contributed by atoms with van der Waals surface area (Å²) in [5.74, 6) is 0.723. The summed E-state index contributed by atoms with van der Waals surface area (Å²) in [6.45, 7) is 2.08. The standard InChI is InChI=1S/C13H13ClN2/c1-10(11-6-3-2-4-7-11)16-13-12(14)8-5-9-15-13/h2-10H,1H3,(H,15,16). The molecule has 0 aliphatic heterocycles. The van der Waals surface area contributed by atoms with Crippen molar-refractivity contribution in [2.75, 3.05) is 5.32 Å². The van der Waals surface area contributed by atoms with Gasteiger partial charge in [0.25, 0.3) is 0 Å². The Kier molecular flexibility index (Phi) is 3.42. The van der Waals surface area contributed by atoms with Crippen LogP contribution in [-0.4, -0.2) is 4.98 Å². The van der Waals surface area contributed by atoms with E-state index in [1.807, 2.05) is 30.3 Å². The average molecular weight is 233 g/mol. The lowest BCUT2D eigenvalue weighted by atomic mass is 10.1. The van der Waals surface area contributed by atoms with E-state index in [0.717, 1.165) is 5.82 Å². The molecule has 0 spiro atoms. The first kappa shape index (κ1) is 11.0. The summed E-state index contributed by atoms with van der Waals surface area (Å²) in [6.07, 6.45) is 1.73. The molecule has 16 heavy (non-hydrogen) atoms. The minimum absolute atomic E-state index is 0.189. The number of hydrogen-bond acceptors (Lipinski definition) is 2. The van der Waals surface area contributed by atoms with Crippen molar-refractivity contribution in [3.05, 3.63) is 59.2 Å². The van der Waals surface area contributed by atoms with E-state index in [1.54, 1.807) is 6.20 Å². The monoisotopic (exact) mass is 232 g/mol. The van der Waals surface area contributed by atoms with Crippen LogP contribution in [0.1, 0.15) is 18.5 Å². The maximum atomic E-state index is 6.03. The predicted octanol–water partition coefficient (Wildman–Crippen LogP) is 3.91. The molecule has 1 aromatic carbocycles. The van der Waals surface area contributed by atoms with E-state index < -0.39 is 0 Å². The molecule has 2 nitrogen and oxygen atoms in total. The smallest absolute Gasteiger partial charge is 0.145 e. The van der Waals surface area contributed by atoms with E-state index >= 15 is 0 Å². The fourth-order valence-corrected chi connectivity index (χ4v) is 1.70. The molecule has 82 valence electrons. The van der Waals surface area contributed by atoms with Gasteiger partial charge in [-0.2, -0.15) is 0 Å². The number of pyridine rings is 1. The zero-order chi connectivity index (χ0) is 11.4. The molecule has 1 atom stereocenters. The number of hydrogen-bond donors (Lipinski definition) is 1.